The summed E-state index contributed by atoms with van der Waals surface area (Å²) < 4.78 is 1.43. The van der Waals surface area contributed by atoms with Crippen LogP contribution in [0.25, 0.3) is 0 Å². The molecule has 0 amide bonds. The van der Waals surface area contributed by atoms with Crippen molar-refractivity contribution in [3.05, 3.63) is 0 Å². The summed E-state index contributed by atoms with van der Waals surface area (Å²) in [5, 5.41) is 0. The molecule has 2 heteroatoms. The normalized spacial score (nSPS) is 11.4. The minimum absolute atomic E-state index is 0. The van der Waals surface area contributed by atoms with Gasteiger partial charge >= 0.3 is 0 Å². The first-order valence-electron chi connectivity index (χ1n) is 9.09. The molecule has 0 aliphatic heterocycles. The first kappa shape index (κ1) is 22.5. The summed E-state index contributed by atoms with van der Waals surface area (Å²) in [6.45, 7) is 15.1. The molecule has 20 heavy (non-hydrogen) atoms. The first-order chi connectivity index (χ1) is 9.24. The van der Waals surface area contributed by atoms with Gasteiger partial charge in [-0.05, 0) is 44.9 Å². The number of rotatable bonds is 14. The molecule has 1 nitrogen and oxygen atoms in total. The van der Waals surface area contributed by atoms with Crippen LogP contribution in [0.4, 0.5) is 0 Å². The Morgan fingerprint density at radius 1 is 0.450 bits per heavy atom. The van der Waals surface area contributed by atoms with Crippen molar-refractivity contribution in [1.29, 1.82) is 0 Å². The summed E-state index contributed by atoms with van der Waals surface area (Å²) in [6.07, 6.45) is 14.0. The summed E-state index contributed by atoms with van der Waals surface area (Å²) in [4.78, 5) is 0. The van der Waals surface area contributed by atoms with Crippen LogP contribution >= 0.6 is 0 Å². The molecule has 124 valence electrons. The predicted molar refractivity (Wildman–Crippen MR) is 88.6 cm³/mol. The van der Waals surface area contributed by atoms with Crippen molar-refractivity contribution >= 4 is 0 Å². The van der Waals surface area contributed by atoms with E-state index in [2.05, 4.69) is 27.7 Å². The lowest BCUT2D eigenvalue weighted by molar-refractivity contribution is -0.929. The van der Waals surface area contributed by atoms with Gasteiger partial charge in [-0.2, -0.15) is 0 Å². The number of hydrogen-bond donors (Lipinski definition) is 0. The highest BCUT2D eigenvalue weighted by Crippen LogP contribution is 2.17. The number of nitrogens with zero attached hydrogens (tertiary/aromatic N) is 1. The maximum absolute atomic E-state index is 2.37. The molecule has 0 spiro atoms. The lowest BCUT2D eigenvalue weighted by Gasteiger charge is -2.39. The maximum atomic E-state index is 2.37. The highest BCUT2D eigenvalue weighted by Gasteiger charge is 2.24. The largest absolute Gasteiger partial charge is 1.00 e. The lowest BCUT2D eigenvalue weighted by atomic mass is 10.1. The average Bonchev–Trinajstić information content (AvgIpc) is 2.40. The Labute approximate surface area is 135 Å². The topological polar surface area (TPSA) is 0 Å². The molecule has 0 aromatic heterocycles. The van der Waals surface area contributed by atoms with Crippen LogP contribution in [0.15, 0.2) is 0 Å². The second kappa shape index (κ2) is 15.6. The van der Waals surface area contributed by atoms with Crippen LogP contribution in [-0.2, 0) is 0 Å². The molecule has 0 aromatic rings. The number of unbranched alkanes of at least 4 members (excludes halogenated alkanes) is 6. The summed E-state index contributed by atoms with van der Waals surface area (Å²) >= 11 is 0. The van der Waals surface area contributed by atoms with E-state index < -0.39 is 0 Å². The van der Waals surface area contributed by atoms with E-state index in [1.807, 2.05) is 0 Å². The number of quaternary nitrogens is 1. The minimum atomic E-state index is 0. The van der Waals surface area contributed by atoms with Gasteiger partial charge in [-0.15, -0.1) is 0 Å². The Balaban J connectivity index is 0. The Bertz CT molecular complexity index is 156. The first-order valence-corrected chi connectivity index (χ1v) is 9.09. The van der Waals surface area contributed by atoms with Crippen LogP contribution in [0.5, 0.6) is 0 Å². The highest BCUT2D eigenvalue weighted by molar-refractivity contribution is 4.50. The summed E-state index contributed by atoms with van der Waals surface area (Å²) in [5.74, 6) is 0. The van der Waals surface area contributed by atoms with Gasteiger partial charge in [0.15, 0.2) is 0 Å². The smallest absolute Gasteiger partial charge is 0.0786 e. The SMILES string of the molecule is CCCCC[N+](CCC)(CCCCC)CCCCC.[Cl-]. The molecule has 0 atom stereocenters. The fourth-order valence-corrected chi connectivity index (χ4v) is 3.24. The molecule has 0 radical (unpaired) electrons. The maximum Gasteiger partial charge on any atom is 0.0786 e. The highest BCUT2D eigenvalue weighted by atomic mass is 35.5. The van der Waals surface area contributed by atoms with Gasteiger partial charge in [-0.25, -0.2) is 0 Å². The average molecular weight is 306 g/mol. The molecular weight excluding hydrogens is 266 g/mol. The van der Waals surface area contributed by atoms with E-state index in [0.29, 0.717) is 0 Å². The van der Waals surface area contributed by atoms with E-state index in [0.717, 1.165) is 0 Å². The van der Waals surface area contributed by atoms with Gasteiger partial charge in [-0.1, -0.05) is 47.0 Å². The third-order valence-corrected chi connectivity index (χ3v) is 4.41. The molecule has 0 saturated carbocycles. The van der Waals surface area contributed by atoms with Crippen LogP contribution in [0.2, 0.25) is 0 Å². The third-order valence-electron chi connectivity index (χ3n) is 4.41. The molecule has 0 aliphatic rings. The van der Waals surface area contributed by atoms with Gasteiger partial charge in [0.1, 0.15) is 0 Å². The lowest BCUT2D eigenvalue weighted by Crippen LogP contribution is -3.00. The van der Waals surface area contributed by atoms with Gasteiger partial charge < -0.3 is 16.9 Å². The van der Waals surface area contributed by atoms with Crippen molar-refractivity contribution in [3.63, 3.8) is 0 Å². The van der Waals surface area contributed by atoms with Crippen molar-refractivity contribution in [1.82, 2.24) is 0 Å². The standard InChI is InChI=1S/C18H40N.ClH/c1-5-9-12-16-19(15-8-4,17-13-10-6-2)18-14-11-7-3;/h5-18H2,1-4H3;1H/q+1;/p-1. The van der Waals surface area contributed by atoms with Crippen LogP contribution in [0, 0.1) is 0 Å². The molecule has 0 saturated heterocycles. The van der Waals surface area contributed by atoms with E-state index in [4.69, 9.17) is 0 Å². The Morgan fingerprint density at radius 3 is 1.05 bits per heavy atom. The van der Waals surface area contributed by atoms with Crippen LogP contribution in [0.1, 0.15) is 91.9 Å². The molecule has 0 aromatic carbocycles. The molecule has 0 bridgehead atoms. The molecule has 0 aliphatic carbocycles. The molecular formula is C18H40ClN. The van der Waals surface area contributed by atoms with Crippen molar-refractivity contribution in [2.45, 2.75) is 91.9 Å². The summed E-state index contributed by atoms with van der Waals surface area (Å²) in [5.41, 5.74) is 0. The van der Waals surface area contributed by atoms with Crippen LogP contribution < -0.4 is 12.4 Å². The zero-order chi connectivity index (χ0) is 14.4. The van der Waals surface area contributed by atoms with E-state index in [9.17, 15) is 0 Å². The molecule has 0 rings (SSSR count). The molecule has 0 fully saturated rings. The second-order valence-electron chi connectivity index (χ2n) is 6.36. The van der Waals surface area contributed by atoms with Crippen LogP contribution in [0.3, 0.4) is 0 Å². The van der Waals surface area contributed by atoms with Gasteiger partial charge in [0, 0.05) is 0 Å². The fraction of sp³-hybridized carbons (Fsp3) is 1.00. The molecule has 0 heterocycles. The number of hydrogen-bond acceptors (Lipinski definition) is 0. The fourth-order valence-electron chi connectivity index (χ4n) is 3.24. The van der Waals surface area contributed by atoms with Crippen molar-refractivity contribution in [3.8, 4) is 0 Å². The Kier molecular flexibility index (Phi) is 17.6. The van der Waals surface area contributed by atoms with Gasteiger partial charge in [0.2, 0.25) is 0 Å². The Hall–Kier alpha value is 0.250. The zero-order valence-corrected chi connectivity index (χ0v) is 15.5. The van der Waals surface area contributed by atoms with Crippen molar-refractivity contribution in [2.24, 2.45) is 0 Å². The predicted octanol–water partition coefficient (Wildman–Crippen LogP) is 2.79. The van der Waals surface area contributed by atoms with Gasteiger partial charge in [0.05, 0.1) is 26.2 Å². The van der Waals surface area contributed by atoms with Crippen molar-refractivity contribution < 1.29 is 16.9 Å². The van der Waals surface area contributed by atoms with Gasteiger partial charge in [0.25, 0.3) is 0 Å². The summed E-state index contributed by atoms with van der Waals surface area (Å²) in [6, 6.07) is 0. The van der Waals surface area contributed by atoms with Gasteiger partial charge in [-0.3, -0.25) is 0 Å². The number of halogens is 1. The second-order valence-corrected chi connectivity index (χ2v) is 6.36. The molecule has 0 unspecified atom stereocenters. The monoisotopic (exact) mass is 305 g/mol. The van der Waals surface area contributed by atoms with E-state index in [-0.39, 0.29) is 12.4 Å². The van der Waals surface area contributed by atoms with E-state index in [1.165, 1.54) is 94.9 Å². The zero-order valence-electron chi connectivity index (χ0n) is 14.7. The van der Waals surface area contributed by atoms with E-state index >= 15 is 0 Å². The van der Waals surface area contributed by atoms with E-state index in [1.54, 1.807) is 0 Å². The quantitative estimate of drug-likeness (QED) is 0.342. The summed E-state index contributed by atoms with van der Waals surface area (Å²) in [7, 11) is 0. The minimum Gasteiger partial charge on any atom is -1.00 e. The Morgan fingerprint density at radius 2 is 0.800 bits per heavy atom. The molecule has 0 N–H and O–H groups in total. The van der Waals surface area contributed by atoms with Crippen molar-refractivity contribution in [2.75, 3.05) is 26.2 Å². The third kappa shape index (κ3) is 11.0. The van der Waals surface area contributed by atoms with Crippen LogP contribution in [-0.4, -0.2) is 30.7 Å².